The van der Waals surface area contributed by atoms with Gasteiger partial charge in [0.1, 0.15) is 0 Å². The van der Waals surface area contributed by atoms with Crippen LogP contribution in [0.3, 0.4) is 0 Å². The van der Waals surface area contributed by atoms with Gasteiger partial charge < -0.3 is 5.32 Å². The molecule has 0 aliphatic heterocycles. The van der Waals surface area contributed by atoms with E-state index in [1.54, 1.807) is 11.8 Å². The van der Waals surface area contributed by atoms with Gasteiger partial charge in [-0.3, -0.25) is 0 Å². The molecule has 2 aromatic carbocycles. The van der Waals surface area contributed by atoms with Gasteiger partial charge in [-0.05, 0) is 50.6 Å². The van der Waals surface area contributed by atoms with E-state index in [1.807, 2.05) is 36.4 Å². The molecular formula is C17H19Cl2NS. The van der Waals surface area contributed by atoms with Gasteiger partial charge in [0.15, 0.2) is 0 Å². The van der Waals surface area contributed by atoms with Gasteiger partial charge in [0.2, 0.25) is 0 Å². The maximum atomic E-state index is 6.39. The van der Waals surface area contributed by atoms with Crippen LogP contribution in [-0.2, 0) is 6.54 Å². The van der Waals surface area contributed by atoms with Crippen molar-refractivity contribution in [2.75, 3.05) is 0 Å². The summed E-state index contributed by atoms with van der Waals surface area (Å²) in [5.74, 6) is 0. The van der Waals surface area contributed by atoms with Crippen LogP contribution in [0.5, 0.6) is 0 Å². The first-order chi connectivity index (χ1) is 9.85. The Bertz CT molecular complexity index is 620. The fourth-order valence-corrected chi connectivity index (χ4v) is 3.39. The Hall–Kier alpha value is -0.670. The molecule has 21 heavy (non-hydrogen) atoms. The highest BCUT2D eigenvalue weighted by atomic mass is 35.5. The van der Waals surface area contributed by atoms with E-state index in [1.165, 1.54) is 5.56 Å². The molecule has 0 spiro atoms. The molecule has 0 aliphatic rings. The highest BCUT2D eigenvalue weighted by Gasteiger charge is 2.13. The SMILES string of the molecule is CC(C)(C)NCc1cccc(Cl)c1Sc1cccc(Cl)c1. The third kappa shape index (κ3) is 5.23. The van der Waals surface area contributed by atoms with Crippen LogP contribution in [0.4, 0.5) is 0 Å². The fourth-order valence-electron chi connectivity index (χ4n) is 1.82. The van der Waals surface area contributed by atoms with Gasteiger partial charge in [0.25, 0.3) is 0 Å². The lowest BCUT2D eigenvalue weighted by Crippen LogP contribution is -2.35. The van der Waals surface area contributed by atoms with E-state index in [-0.39, 0.29) is 5.54 Å². The van der Waals surface area contributed by atoms with Gasteiger partial charge in [0, 0.05) is 26.9 Å². The maximum absolute atomic E-state index is 6.39. The largest absolute Gasteiger partial charge is 0.308 e. The van der Waals surface area contributed by atoms with E-state index < -0.39 is 0 Å². The summed E-state index contributed by atoms with van der Waals surface area (Å²) in [6, 6.07) is 13.8. The normalized spacial score (nSPS) is 11.7. The predicted molar refractivity (Wildman–Crippen MR) is 93.6 cm³/mol. The van der Waals surface area contributed by atoms with Gasteiger partial charge in [-0.2, -0.15) is 0 Å². The van der Waals surface area contributed by atoms with Crippen molar-refractivity contribution in [3.05, 3.63) is 58.1 Å². The second-order valence-electron chi connectivity index (χ2n) is 5.89. The average molecular weight is 340 g/mol. The van der Waals surface area contributed by atoms with Crippen molar-refractivity contribution in [2.45, 2.75) is 42.6 Å². The summed E-state index contributed by atoms with van der Waals surface area (Å²) >= 11 is 14.1. The summed E-state index contributed by atoms with van der Waals surface area (Å²) in [4.78, 5) is 2.17. The summed E-state index contributed by atoms with van der Waals surface area (Å²) < 4.78 is 0. The highest BCUT2D eigenvalue weighted by Crippen LogP contribution is 2.37. The topological polar surface area (TPSA) is 12.0 Å². The second kappa shape index (κ2) is 7.06. The van der Waals surface area contributed by atoms with Gasteiger partial charge in [-0.25, -0.2) is 0 Å². The van der Waals surface area contributed by atoms with Crippen LogP contribution >= 0.6 is 35.0 Å². The molecular weight excluding hydrogens is 321 g/mol. The molecule has 0 aliphatic carbocycles. The first-order valence-corrected chi connectivity index (χ1v) is 8.38. The lowest BCUT2D eigenvalue weighted by atomic mass is 10.1. The van der Waals surface area contributed by atoms with Crippen LogP contribution in [0, 0.1) is 0 Å². The molecule has 2 rings (SSSR count). The van der Waals surface area contributed by atoms with E-state index in [2.05, 4.69) is 32.2 Å². The maximum Gasteiger partial charge on any atom is 0.0548 e. The van der Waals surface area contributed by atoms with Crippen LogP contribution in [-0.4, -0.2) is 5.54 Å². The van der Waals surface area contributed by atoms with Gasteiger partial charge >= 0.3 is 0 Å². The molecule has 4 heteroatoms. The smallest absolute Gasteiger partial charge is 0.0548 e. The van der Waals surface area contributed by atoms with Crippen molar-refractivity contribution in [1.29, 1.82) is 0 Å². The zero-order valence-corrected chi connectivity index (χ0v) is 14.7. The Balaban J connectivity index is 2.25. The van der Waals surface area contributed by atoms with E-state index >= 15 is 0 Å². The van der Waals surface area contributed by atoms with Gasteiger partial charge in [-0.15, -0.1) is 0 Å². The van der Waals surface area contributed by atoms with E-state index in [0.29, 0.717) is 0 Å². The fraction of sp³-hybridized carbons (Fsp3) is 0.294. The minimum absolute atomic E-state index is 0.0698. The number of hydrogen-bond acceptors (Lipinski definition) is 2. The molecule has 0 saturated carbocycles. The predicted octanol–water partition coefficient (Wildman–Crippen LogP) is 6.03. The van der Waals surface area contributed by atoms with Crippen LogP contribution in [0.2, 0.25) is 10.0 Å². The summed E-state index contributed by atoms with van der Waals surface area (Å²) in [6.45, 7) is 7.25. The molecule has 0 fully saturated rings. The van der Waals surface area contributed by atoms with Crippen molar-refractivity contribution in [3.8, 4) is 0 Å². The second-order valence-corrected chi connectivity index (χ2v) is 7.82. The van der Waals surface area contributed by atoms with Gasteiger partial charge in [0.05, 0.1) is 5.02 Å². The summed E-state index contributed by atoms with van der Waals surface area (Å²) in [6.07, 6.45) is 0. The molecule has 112 valence electrons. The lowest BCUT2D eigenvalue weighted by molar-refractivity contribution is 0.422. The Morgan fingerprint density at radius 3 is 2.43 bits per heavy atom. The number of rotatable bonds is 4. The molecule has 0 aromatic heterocycles. The molecule has 0 saturated heterocycles. The quantitative estimate of drug-likeness (QED) is 0.729. The van der Waals surface area contributed by atoms with Crippen molar-refractivity contribution in [3.63, 3.8) is 0 Å². The Labute approximate surface area is 141 Å². The minimum Gasteiger partial charge on any atom is -0.308 e. The zero-order valence-electron chi connectivity index (χ0n) is 12.4. The molecule has 1 nitrogen and oxygen atoms in total. The molecule has 0 atom stereocenters. The Morgan fingerprint density at radius 1 is 1.05 bits per heavy atom. The van der Waals surface area contributed by atoms with Crippen LogP contribution in [0.1, 0.15) is 26.3 Å². The molecule has 0 unspecified atom stereocenters. The van der Waals surface area contributed by atoms with Crippen LogP contribution in [0.15, 0.2) is 52.3 Å². The first kappa shape index (κ1) is 16.7. The van der Waals surface area contributed by atoms with Crippen molar-refractivity contribution in [1.82, 2.24) is 5.32 Å². The average Bonchev–Trinajstić information content (AvgIpc) is 2.39. The molecule has 0 radical (unpaired) electrons. The lowest BCUT2D eigenvalue weighted by Gasteiger charge is -2.22. The molecule has 0 heterocycles. The highest BCUT2D eigenvalue weighted by molar-refractivity contribution is 7.99. The third-order valence-electron chi connectivity index (χ3n) is 2.87. The van der Waals surface area contributed by atoms with E-state index in [9.17, 15) is 0 Å². The van der Waals surface area contributed by atoms with Crippen molar-refractivity contribution >= 4 is 35.0 Å². The van der Waals surface area contributed by atoms with E-state index in [0.717, 1.165) is 26.4 Å². The molecule has 0 bridgehead atoms. The zero-order chi connectivity index (χ0) is 15.5. The molecule has 1 N–H and O–H groups in total. The van der Waals surface area contributed by atoms with Crippen molar-refractivity contribution in [2.24, 2.45) is 0 Å². The van der Waals surface area contributed by atoms with Crippen LogP contribution < -0.4 is 5.32 Å². The standard InChI is InChI=1S/C17H19Cl2NS/c1-17(2,3)20-11-12-6-4-9-15(19)16(12)21-14-8-5-7-13(18)10-14/h4-10,20H,11H2,1-3H3. The number of benzene rings is 2. The Morgan fingerprint density at radius 2 is 1.76 bits per heavy atom. The number of hydrogen-bond donors (Lipinski definition) is 1. The summed E-state index contributed by atoms with van der Waals surface area (Å²) in [7, 11) is 0. The van der Waals surface area contributed by atoms with E-state index in [4.69, 9.17) is 23.2 Å². The summed E-state index contributed by atoms with van der Waals surface area (Å²) in [5.41, 5.74) is 1.27. The summed E-state index contributed by atoms with van der Waals surface area (Å²) in [5, 5.41) is 5.01. The van der Waals surface area contributed by atoms with Crippen molar-refractivity contribution < 1.29 is 0 Å². The molecule has 2 aromatic rings. The third-order valence-corrected chi connectivity index (χ3v) is 4.71. The van der Waals surface area contributed by atoms with Gasteiger partial charge in [-0.1, -0.05) is 53.2 Å². The minimum atomic E-state index is 0.0698. The number of nitrogens with one attached hydrogen (secondary N) is 1. The Kier molecular flexibility index (Phi) is 5.61. The van der Waals surface area contributed by atoms with Crippen LogP contribution in [0.25, 0.3) is 0 Å². The number of halogens is 2. The molecule has 0 amide bonds. The first-order valence-electron chi connectivity index (χ1n) is 6.81. The monoisotopic (exact) mass is 339 g/mol.